The zero-order valence-corrected chi connectivity index (χ0v) is 17.4. The Morgan fingerprint density at radius 1 is 1.44 bits per heavy atom. The second kappa shape index (κ2) is 8.34. The number of amides is 2. The number of likely N-dealkylation sites (N-methyl/N-ethyl adjacent to an activating group) is 1. The fourth-order valence-electron chi connectivity index (χ4n) is 3.40. The number of alkyl halides is 1. The third-order valence-corrected chi connectivity index (χ3v) is 6.87. The summed E-state index contributed by atoms with van der Waals surface area (Å²) in [5, 5.41) is 12.0. The molecule has 148 valence electrons. The summed E-state index contributed by atoms with van der Waals surface area (Å²) in [5.74, 6) is -1.30. The van der Waals surface area contributed by atoms with Crippen LogP contribution < -0.4 is 5.32 Å². The molecule has 0 spiro atoms. The molecule has 27 heavy (non-hydrogen) atoms. The smallest absolute Gasteiger partial charge is 0.352 e. The first-order valence-corrected chi connectivity index (χ1v) is 10.9. The van der Waals surface area contributed by atoms with Crippen LogP contribution in [-0.4, -0.2) is 94.7 Å². The van der Waals surface area contributed by atoms with Crippen molar-refractivity contribution in [1.82, 2.24) is 10.2 Å². The van der Waals surface area contributed by atoms with Crippen molar-refractivity contribution in [2.24, 2.45) is 0 Å². The summed E-state index contributed by atoms with van der Waals surface area (Å²) in [5.41, 5.74) is 0.649. The molecule has 2 atom stereocenters. The molecule has 0 aromatic heterocycles. The Labute approximate surface area is 170 Å². The number of hydrogen-bond acceptors (Lipinski definition) is 5. The molecule has 2 fully saturated rings. The van der Waals surface area contributed by atoms with Gasteiger partial charge in [0.25, 0.3) is 5.91 Å². The maximum absolute atomic E-state index is 12.4. The number of fused-ring (bicyclic) bond motifs is 1. The molecule has 8 nitrogen and oxygen atoms in total. The zero-order valence-electron chi connectivity index (χ0n) is 15.0. The van der Waals surface area contributed by atoms with E-state index in [4.69, 9.17) is 4.74 Å². The highest BCUT2D eigenvalue weighted by Crippen LogP contribution is 2.40. The molecule has 0 unspecified atom stereocenters. The molecular weight excluding hydrogens is 438 g/mol. The first-order valence-electron chi connectivity index (χ1n) is 8.70. The first-order chi connectivity index (χ1) is 12.9. The molecule has 2 amide bonds. The number of β-lactam (4-membered cyclic amide) rings is 1. The van der Waals surface area contributed by atoms with E-state index in [0.717, 1.165) is 37.3 Å². The number of halogens is 1. The molecular formula is C17H23BrN3O5S+. The van der Waals surface area contributed by atoms with Crippen LogP contribution in [0.25, 0.3) is 0 Å². The first kappa shape index (κ1) is 20.4. The van der Waals surface area contributed by atoms with Gasteiger partial charge in [0, 0.05) is 5.75 Å². The SMILES string of the molecule is C[N+]1(C/C=C/C2=C(C(=O)O)N3C(=O)[C@@H](NC(=O)CBr)[C@H]3SC2)CCOCC1. The van der Waals surface area contributed by atoms with Crippen LogP contribution in [-0.2, 0) is 19.1 Å². The number of thioether (sulfide) groups is 1. The lowest BCUT2D eigenvalue weighted by Crippen LogP contribution is -2.70. The van der Waals surface area contributed by atoms with Crippen molar-refractivity contribution >= 4 is 45.5 Å². The molecule has 2 N–H and O–H groups in total. The van der Waals surface area contributed by atoms with Crippen LogP contribution in [0.5, 0.6) is 0 Å². The molecule has 0 aromatic rings. The number of quaternary nitrogens is 1. The normalized spacial score (nSPS) is 27.3. The summed E-state index contributed by atoms with van der Waals surface area (Å²) in [4.78, 5) is 37.1. The summed E-state index contributed by atoms with van der Waals surface area (Å²) in [7, 11) is 2.15. The number of nitrogens with zero attached hydrogens (tertiary/aromatic N) is 2. The van der Waals surface area contributed by atoms with Gasteiger partial charge in [-0.25, -0.2) is 4.79 Å². The lowest BCUT2D eigenvalue weighted by molar-refractivity contribution is -0.911. The number of rotatable bonds is 6. The van der Waals surface area contributed by atoms with E-state index in [1.54, 1.807) is 0 Å². The number of nitrogens with one attached hydrogen (secondary N) is 1. The van der Waals surface area contributed by atoms with Gasteiger partial charge in [-0.15, -0.1) is 11.8 Å². The average Bonchev–Trinajstić information content (AvgIpc) is 2.65. The van der Waals surface area contributed by atoms with Gasteiger partial charge in [-0.2, -0.15) is 0 Å². The molecule has 0 bridgehead atoms. The monoisotopic (exact) mass is 460 g/mol. The van der Waals surface area contributed by atoms with E-state index in [1.807, 2.05) is 12.2 Å². The predicted molar refractivity (Wildman–Crippen MR) is 104 cm³/mol. The molecule has 0 aromatic carbocycles. The average molecular weight is 461 g/mol. The minimum absolute atomic E-state index is 0.0222. The van der Waals surface area contributed by atoms with Gasteiger partial charge in [0.2, 0.25) is 5.91 Å². The van der Waals surface area contributed by atoms with E-state index >= 15 is 0 Å². The van der Waals surface area contributed by atoms with Gasteiger partial charge in [-0.3, -0.25) is 14.5 Å². The highest BCUT2D eigenvalue weighted by molar-refractivity contribution is 9.09. The van der Waals surface area contributed by atoms with Crippen molar-refractivity contribution < 1.29 is 28.7 Å². The molecule has 3 rings (SSSR count). The van der Waals surface area contributed by atoms with Crippen LogP contribution in [0.1, 0.15) is 0 Å². The molecule has 3 aliphatic rings. The van der Waals surface area contributed by atoms with Crippen LogP contribution >= 0.6 is 27.7 Å². The van der Waals surface area contributed by atoms with Crippen molar-refractivity contribution in [3.63, 3.8) is 0 Å². The number of carbonyl (C=O) groups is 3. The second-order valence-electron chi connectivity index (χ2n) is 7.03. The van der Waals surface area contributed by atoms with Crippen molar-refractivity contribution in [3.8, 4) is 0 Å². The predicted octanol–water partition coefficient (Wildman–Crippen LogP) is 0.153. The zero-order chi connectivity index (χ0) is 19.6. The Morgan fingerprint density at radius 3 is 2.78 bits per heavy atom. The number of carboxylic acid groups (broad SMARTS) is 1. The van der Waals surface area contributed by atoms with Gasteiger partial charge < -0.3 is 19.6 Å². The van der Waals surface area contributed by atoms with Gasteiger partial charge >= 0.3 is 5.97 Å². The van der Waals surface area contributed by atoms with Crippen molar-refractivity contribution in [2.45, 2.75) is 11.4 Å². The minimum Gasteiger partial charge on any atom is -0.477 e. The van der Waals surface area contributed by atoms with Crippen molar-refractivity contribution in [3.05, 3.63) is 23.4 Å². The van der Waals surface area contributed by atoms with Gasteiger partial charge in [-0.05, 0) is 11.6 Å². The number of aliphatic carboxylic acids is 1. The van der Waals surface area contributed by atoms with Crippen molar-refractivity contribution in [1.29, 1.82) is 0 Å². The lowest BCUT2D eigenvalue weighted by atomic mass is 10.0. The molecule has 0 saturated carbocycles. The van der Waals surface area contributed by atoms with Crippen LogP contribution in [0.2, 0.25) is 0 Å². The Morgan fingerprint density at radius 2 is 2.15 bits per heavy atom. The molecule has 2 saturated heterocycles. The number of ether oxygens (including phenoxy) is 1. The number of morpholine rings is 1. The van der Waals surface area contributed by atoms with Crippen LogP contribution in [0.4, 0.5) is 0 Å². The quantitative estimate of drug-likeness (QED) is 0.332. The molecule has 0 radical (unpaired) electrons. The van der Waals surface area contributed by atoms with E-state index in [9.17, 15) is 19.5 Å². The van der Waals surface area contributed by atoms with E-state index in [1.165, 1.54) is 16.7 Å². The summed E-state index contributed by atoms with van der Waals surface area (Å²) < 4.78 is 6.25. The largest absolute Gasteiger partial charge is 0.477 e. The Bertz CT molecular complexity index is 705. The fraction of sp³-hybridized carbons (Fsp3) is 0.588. The molecule has 3 aliphatic heterocycles. The maximum Gasteiger partial charge on any atom is 0.352 e. The Hall–Kier alpha value is -1.36. The molecule has 0 aliphatic carbocycles. The second-order valence-corrected chi connectivity index (χ2v) is 8.70. The topological polar surface area (TPSA) is 95.9 Å². The Balaban J connectivity index is 1.73. The fourth-order valence-corrected chi connectivity index (χ4v) is 4.88. The highest BCUT2D eigenvalue weighted by atomic mass is 79.9. The summed E-state index contributed by atoms with van der Waals surface area (Å²) in [6.45, 7) is 4.09. The van der Waals surface area contributed by atoms with Gasteiger partial charge in [0.05, 0.1) is 32.1 Å². The van der Waals surface area contributed by atoms with Crippen LogP contribution in [0, 0.1) is 0 Å². The third kappa shape index (κ3) is 4.23. The van der Waals surface area contributed by atoms with E-state index in [-0.39, 0.29) is 28.2 Å². The summed E-state index contributed by atoms with van der Waals surface area (Å²) >= 11 is 4.52. The Kier molecular flexibility index (Phi) is 6.29. The summed E-state index contributed by atoms with van der Waals surface area (Å²) in [6, 6.07) is -0.669. The van der Waals surface area contributed by atoms with Gasteiger partial charge in [-0.1, -0.05) is 22.0 Å². The van der Waals surface area contributed by atoms with Crippen LogP contribution in [0.3, 0.4) is 0 Å². The number of carbonyl (C=O) groups excluding carboxylic acids is 2. The minimum atomic E-state index is -1.12. The van der Waals surface area contributed by atoms with E-state index in [0.29, 0.717) is 11.3 Å². The number of allylic oxidation sites excluding steroid dienone is 1. The van der Waals surface area contributed by atoms with E-state index in [2.05, 4.69) is 28.3 Å². The van der Waals surface area contributed by atoms with Gasteiger partial charge in [0.1, 0.15) is 30.2 Å². The highest BCUT2D eigenvalue weighted by Gasteiger charge is 2.53. The lowest BCUT2D eigenvalue weighted by Gasteiger charge is -2.49. The maximum atomic E-state index is 12.4. The molecule has 3 heterocycles. The molecule has 10 heteroatoms. The number of carboxylic acids is 1. The summed E-state index contributed by atoms with van der Waals surface area (Å²) in [6.07, 6.45) is 3.81. The third-order valence-electron chi connectivity index (χ3n) is 5.05. The number of hydrogen-bond donors (Lipinski definition) is 2. The van der Waals surface area contributed by atoms with Gasteiger partial charge in [0.15, 0.2) is 0 Å². The van der Waals surface area contributed by atoms with Crippen LogP contribution in [0.15, 0.2) is 23.4 Å². The standard InChI is InChI=1S/C17H22BrN3O5S/c1-21(5-7-26-8-6-21)4-2-3-11-10-27-16-13(19-12(22)9-18)15(23)20(16)14(11)17(24)25/h2-3,13,16H,4-10H2,1H3,(H-,19,22,24,25)/p+1/b3-2+/t13-,16-/m1/s1. The van der Waals surface area contributed by atoms with Crippen molar-refractivity contribution in [2.75, 3.05) is 51.0 Å². The van der Waals surface area contributed by atoms with E-state index < -0.39 is 12.0 Å².